The van der Waals surface area contributed by atoms with Gasteiger partial charge < -0.3 is 23.8 Å². The Balaban J connectivity index is 1.21. The molecule has 2 aliphatic carbocycles. The molecule has 2 aromatic carbocycles. The van der Waals surface area contributed by atoms with Crippen molar-refractivity contribution in [2.75, 3.05) is 91.4 Å². The molecule has 1 spiro atoms. The summed E-state index contributed by atoms with van der Waals surface area (Å²) >= 11 is 6.54. The molecule has 0 radical (unpaired) electrons. The lowest BCUT2D eigenvalue weighted by molar-refractivity contribution is -0.108. The van der Waals surface area contributed by atoms with Gasteiger partial charge in [-0.1, -0.05) is 43.7 Å². The molecule has 4 heterocycles. The van der Waals surface area contributed by atoms with Crippen LogP contribution in [0.25, 0.3) is 0 Å². The molecule has 2 aromatic rings. The summed E-state index contributed by atoms with van der Waals surface area (Å²) in [6.07, 6.45) is 9.76. The normalized spacial score (nSPS) is 35.1. The number of halogens is 1. The van der Waals surface area contributed by atoms with Gasteiger partial charge >= 0.3 is 0 Å². The average molecular weight is 826 g/mol. The average Bonchev–Trinajstić information content (AvgIpc) is 3.34. The van der Waals surface area contributed by atoms with E-state index in [-0.39, 0.29) is 41.8 Å². The standard InChI is InChI=1S/C44H61ClN4O7S/c1-30-13-16-44(54-4,28-47-17-18-48-19-21-55-26-36(48)25-47)38-10-7-34(38)24-49-27-43(15-5-6-32-22-35(45)9-11-37(32)43)29-56-40-12-8-33(23-39(40)49)42(50)46-57(51,52)41(31(30)2)14-20-53-3/h8-9,11-13,16,22-23,30-31,34,36,38,41H,5-7,10,14-15,17-21,24-29H2,1-4H3,(H,46,50)/b16-13+/t30-,31-,34-,36-,38+,41+,43-,44+/m0/s1. The highest BCUT2D eigenvalue weighted by Crippen LogP contribution is 2.49. The van der Waals surface area contributed by atoms with Gasteiger partial charge in [-0.2, -0.15) is 0 Å². The van der Waals surface area contributed by atoms with Crippen molar-refractivity contribution in [3.63, 3.8) is 0 Å². The topological polar surface area (TPSA) is 110 Å². The van der Waals surface area contributed by atoms with Gasteiger partial charge in [0, 0.05) is 88.7 Å². The lowest BCUT2D eigenvalue weighted by atomic mass is 9.63. The van der Waals surface area contributed by atoms with Gasteiger partial charge in [-0.05, 0) is 104 Å². The highest BCUT2D eigenvalue weighted by atomic mass is 35.5. The number of amides is 1. The number of allylic oxidation sites excluding steroid dienone is 1. The van der Waals surface area contributed by atoms with Crippen LogP contribution in [0.1, 0.15) is 67.4 Å². The third-order valence-corrected chi connectivity index (χ3v) is 16.7. The number of hydrogen-bond acceptors (Lipinski definition) is 10. The molecule has 8 atom stereocenters. The summed E-state index contributed by atoms with van der Waals surface area (Å²) in [5, 5.41) is -0.117. The number of ether oxygens (including phenoxy) is 4. The number of anilines is 1. The molecule has 1 N–H and O–H groups in total. The first kappa shape index (κ1) is 41.0. The minimum atomic E-state index is -4.11. The second kappa shape index (κ2) is 16.7. The lowest BCUT2D eigenvalue weighted by Crippen LogP contribution is -2.62. The molecule has 57 heavy (non-hydrogen) atoms. The van der Waals surface area contributed by atoms with Crippen LogP contribution < -0.4 is 14.4 Å². The highest BCUT2D eigenvalue weighted by Gasteiger charge is 2.50. The molecule has 2 bridgehead atoms. The van der Waals surface area contributed by atoms with Crippen LogP contribution in [-0.4, -0.2) is 127 Å². The molecule has 0 unspecified atom stereocenters. The molecular formula is C44H61ClN4O7S. The van der Waals surface area contributed by atoms with Crippen LogP contribution in [0.15, 0.2) is 48.6 Å². The van der Waals surface area contributed by atoms with E-state index in [0.717, 1.165) is 95.3 Å². The fourth-order valence-electron chi connectivity index (χ4n) is 10.9. The third-order valence-electron chi connectivity index (χ3n) is 14.5. The maximum Gasteiger partial charge on any atom is 0.264 e. The van der Waals surface area contributed by atoms with Crippen LogP contribution >= 0.6 is 11.6 Å². The van der Waals surface area contributed by atoms with E-state index >= 15 is 0 Å². The first-order chi connectivity index (χ1) is 27.4. The van der Waals surface area contributed by atoms with E-state index in [1.165, 1.54) is 11.1 Å². The summed E-state index contributed by atoms with van der Waals surface area (Å²) in [6.45, 7) is 12.4. The number of hydrogen-bond donors (Lipinski definition) is 1. The fraction of sp³-hybridized carbons (Fsp3) is 0.659. The van der Waals surface area contributed by atoms with E-state index in [1.807, 2.05) is 32.2 Å². The Morgan fingerprint density at radius 2 is 1.91 bits per heavy atom. The van der Waals surface area contributed by atoms with E-state index in [1.54, 1.807) is 13.2 Å². The van der Waals surface area contributed by atoms with Gasteiger partial charge in [0.15, 0.2) is 0 Å². The second-order valence-electron chi connectivity index (χ2n) is 17.8. The maximum absolute atomic E-state index is 14.2. The number of sulfonamides is 1. The van der Waals surface area contributed by atoms with Crippen LogP contribution in [0, 0.1) is 23.7 Å². The number of rotatable bonds is 6. The van der Waals surface area contributed by atoms with Gasteiger partial charge in [-0.15, -0.1) is 0 Å². The molecule has 1 saturated carbocycles. The number of carbonyl (C=O) groups excluding carboxylic acids is 1. The molecule has 11 nitrogen and oxygen atoms in total. The van der Waals surface area contributed by atoms with E-state index in [4.69, 9.17) is 30.5 Å². The zero-order valence-electron chi connectivity index (χ0n) is 34.1. The summed E-state index contributed by atoms with van der Waals surface area (Å²) < 4.78 is 55.8. The second-order valence-corrected chi connectivity index (χ2v) is 20.1. The largest absolute Gasteiger partial charge is 0.490 e. The smallest absolute Gasteiger partial charge is 0.264 e. The number of carbonyl (C=O) groups is 1. The summed E-state index contributed by atoms with van der Waals surface area (Å²) in [5.41, 5.74) is 2.77. The van der Waals surface area contributed by atoms with Crippen molar-refractivity contribution in [3.8, 4) is 5.75 Å². The van der Waals surface area contributed by atoms with Crippen LogP contribution in [0.3, 0.4) is 0 Å². The summed E-state index contributed by atoms with van der Waals surface area (Å²) in [6, 6.07) is 12.0. The van der Waals surface area contributed by atoms with Crippen molar-refractivity contribution in [2.45, 2.75) is 74.7 Å². The van der Waals surface area contributed by atoms with E-state index in [2.05, 4.69) is 50.6 Å². The quantitative estimate of drug-likeness (QED) is 0.373. The number of benzene rings is 2. The fourth-order valence-corrected chi connectivity index (χ4v) is 12.8. The number of fused-ring (bicyclic) bond motifs is 5. The van der Waals surface area contributed by atoms with Gasteiger partial charge in [0.1, 0.15) is 11.4 Å². The van der Waals surface area contributed by atoms with Crippen molar-refractivity contribution in [1.29, 1.82) is 0 Å². The molecule has 312 valence electrons. The number of morpholine rings is 1. The molecule has 4 aliphatic heterocycles. The van der Waals surface area contributed by atoms with Crippen molar-refractivity contribution in [3.05, 3.63) is 70.3 Å². The Kier molecular flexibility index (Phi) is 12.1. The Hall–Kier alpha value is -2.71. The zero-order chi connectivity index (χ0) is 40.0. The summed E-state index contributed by atoms with van der Waals surface area (Å²) in [5.74, 6) is 0.146. The van der Waals surface area contributed by atoms with Gasteiger partial charge in [-0.3, -0.25) is 14.6 Å². The minimum Gasteiger partial charge on any atom is -0.490 e. The number of nitrogens with zero attached hydrogens (tertiary/aromatic N) is 3. The number of methoxy groups -OCH3 is 2. The van der Waals surface area contributed by atoms with Gasteiger partial charge in [-0.25, -0.2) is 13.1 Å². The van der Waals surface area contributed by atoms with Gasteiger partial charge in [0.2, 0.25) is 10.0 Å². The predicted molar refractivity (Wildman–Crippen MR) is 223 cm³/mol. The van der Waals surface area contributed by atoms with Crippen LogP contribution in [-0.2, 0) is 36.1 Å². The number of nitrogens with one attached hydrogen (secondary N) is 1. The molecule has 0 aromatic heterocycles. The molecule has 6 aliphatic rings. The first-order valence-corrected chi connectivity index (χ1v) is 23.0. The van der Waals surface area contributed by atoms with E-state index in [0.29, 0.717) is 30.9 Å². The van der Waals surface area contributed by atoms with Gasteiger partial charge in [0.05, 0.1) is 30.8 Å². The Labute approximate surface area is 344 Å². The lowest BCUT2D eigenvalue weighted by Gasteiger charge is -2.53. The highest BCUT2D eigenvalue weighted by molar-refractivity contribution is 7.90. The van der Waals surface area contributed by atoms with E-state index < -0.39 is 26.8 Å². The summed E-state index contributed by atoms with van der Waals surface area (Å²) in [7, 11) is -0.677. The predicted octanol–water partition coefficient (Wildman–Crippen LogP) is 5.55. The molecule has 8 rings (SSSR count). The monoisotopic (exact) mass is 824 g/mol. The molecule has 1 amide bonds. The third kappa shape index (κ3) is 8.13. The van der Waals surface area contributed by atoms with Crippen LogP contribution in [0.5, 0.6) is 5.75 Å². The molecular weight excluding hydrogens is 764 g/mol. The molecule has 2 saturated heterocycles. The van der Waals surface area contributed by atoms with Crippen molar-refractivity contribution in [1.82, 2.24) is 14.5 Å². The maximum atomic E-state index is 14.2. The van der Waals surface area contributed by atoms with Crippen molar-refractivity contribution in [2.24, 2.45) is 23.7 Å². The van der Waals surface area contributed by atoms with E-state index in [9.17, 15) is 13.2 Å². The van der Waals surface area contributed by atoms with Crippen molar-refractivity contribution >= 4 is 33.2 Å². The van der Waals surface area contributed by atoms with Crippen LogP contribution in [0.2, 0.25) is 5.02 Å². The number of aryl methyl sites for hydroxylation is 1. The Morgan fingerprint density at radius 1 is 1.05 bits per heavy atom. The van der Waals surface area contributed by atoms with Gasteiger partial charge in [0.25, 0.3) is 5.91 Å². The minimum absolute atomic E-state index is 0.128. The Bertz CT molecular complexity index is 1930. The van der Waals surface area contributed by atoms with Crippen LogP contribution in [0.4, 0.5) is 5.69 Å². The SMILES string of the molecule is COCC[C@@H]1[C@@H](C)[C@@H](C)/C=C/[C@](CN2CCN3CCOC[C@@H]3C2)(OC)[C@@H]2CC[C@H]2CN2C[C@@]3(CCCc4cc(Cl)ccc43)COc3ccc(cc32)C(=O)NS1(=O)=O. The molecule has 3 fully saturated rings. The van der Waals surface area contributed by atoms with Crippen molar-refractivity contribution < 1.29 is 32.2 Å². The Morgan fingerprint density at radius 3 is 2.70 bits per heavy atom. The first-order valence-electron chi connectivity index (χ1n) is 21.1. The zero-order valence-corrected chi connectivity index (χ0v) is 35.7. The number of piperazine rings is 1. The summed E-state index contributed by atoms with van der Waals surface area (Å²) in [4.78, 5) is 21.5. The molecule has 13 heteroatoms.